The number of hydrogen-bond donors (Lipinski definition) is 8. The zero-order valence-corrected chi connectivity index (χ0v) is 30.3. The fourth-order valence-electron chi connectivity index (χ4n) is 6.30. The molecule has 0 saturated carbocycles. The van der Waals surface area contributed by atoms with Crippen molar-refractivity contribution in [2.24, 2.45) is 21.5 Å². The molecule has 2 aliphatic rings. The number of nitrogens with two attached hydrogens (primary N) is 2. The normalized spacial score (nSPS) is 31.3. The predicted molar refractivity (Wildman–Crippen MR) is 191 cm³/mol. The summed E-state index contributed by atoms with van der Waals surface area (Å²) in [5.41, 5.74) is 12.2. The monoisotopic (exact) mass is 703 g/mol. The van der Waals surface area contributed by atoms with Gasteiger partial charge in [-0.2, -0.15) is 0 Å². The van der Waals surface area contributed by atoms with Crippen LogP contribution in [-0.2, 0) is 14.2 Å². The van der Waals surface area contributed by atoms with E-state index in [9.17, 15) is 30.6 Å². The second-order valence-corrected chi connectivity index (χ2v) is 14.0. The number of aliphatic hydroxyl groups excluding tert-OH is 6. The molecule has 2 aliphatic heterocycles. The maximum atomic E-state index is 10.6. The first kappa shape index (κ1) is 43.7. The molecule has 2 fully saturated rings. The third kappa shape index (κ3) is 16.6. The second kappa shape index (κ2) is 25.5. The van der Waals surface area contributed by atoms with Crippen LogP contribution >= 0.6 is 0 Å². The molecule has 2 rings (SSSR count). The average molecular weight is 703 g/mol. The van der Waals surface area contributed by atoms with Crippen LogP contribution in [0.3, 0.4) is 0 Å². The van der Waals surface area contributed by atoms with E-state index in [1.165, 1.54) is 77.0 Å². The van der Waals surface area contributed by atoms with Gasteiger partial charge in [-0.1, -0.05) is 117 Å². The van der Waals surface area contributed by atoms with E-state index in [4.69, 9.17) is 25.7 Å². The minimum Gasteiger partial charge on any atom is -0.388 e. The molecule has 0 aromatic heterocycles. The summed E-state index contributed by atoms with van der Waals surface area (Å²) in [6.45, 7) is 4.26. The minimum atomic E-state index is -1.70. The molecule has 13 heteroatoms. The molecule has 13 nitrogen and oxygen atoms in total. The fraction of sp³-hybridized carbons (Fsp3) is 0.944. The highest BCUT2D eigenvalue weighted by molar-refractivity contribution is 5.80. The molecular weight excluding hydrogens is 632 g/mol. The molecule has 1 unspecified atom stereocenters. The molecule has 0 radical (unpaired) electrons. The Kier molecular flexibility index (Phi) is 22.8. The molecule has 0 aromatic rings. The summed E-state index contributed by atoms with van der Waals surface area (Å²) in [5, 5.41) is 63.4. The molecule has 10 atom stereocenters. The number of unbranched alkanes of at least 4 members (excludes halogenated alkanes) is 16. The Morgan fingerprint density at radius 2 is 0.776 bits per heavy atom. The number of rotatable bonds is 26. The number of aliphatic hydroxyl groups is 6. The van der Waals surface area contributed by atoms with Crippen molar-refractivity contribution < 1.29 is 44.8 Å². The first-order valence-corrected chi connectivity index (χ1v) is 19.2. The molecule has 2 saturated heterocycles. The van der Waals surface area contributed by atoms with Gasteiger partial charge < -0.3 is 56.3 Å². The van der Waals surface area contributed by atoms with Crippen molar-refractivity contribution in [3.63, 3.8) is 0 Å². The van der Waals surface area contributed by atoms with E-state index in [0.29, 0.717) is 24.5 Å². The van der Waals surface area contributed by atoms with Crippen LogP contribution in [0.1, 0.15) is 142 Å². The van der Waals surface area contributed by atoms with Gasteiger partial charge in [-0.25, -0.2) is 0 Å². The van der Waals surface area contributed by atoms with Gasteiger partial charge in [0.1, 0.15) is 48.8 Å². The van der Waals surface area contributed by atoms with Gasteiger partial charge in [0.2, 0.25) is 0 Å². The summed E-state index contributed by atoms with van der Waals surface area (Å²) < 4.78 is 17.2. The van der Waals surface area contributed by atoms with E-state index in [0.717, 1.165) is 38.5 Å². The summed E-state index contributed by atoms with van der Waals surface area (Å²) in [5.74, 6) is 0.806. The summed E-state index contributed by atoms with van der Waals surface area (Å²) in [6, 6.07) is 0. The second-order valence-electron chi connectivity index (χ2n) is 14.0. The zero-order valence-electron chi connectivity index (χ0n) is 30.3. The molecule has 49 heavy (non-hydrogen) atoms. The summed E-state index contributed by atoms with van der Waals surface area (Å²) in [4.78, 5) is 8.65. The first-order valence-electron chi connectivity index (χ1n) is 19.2. The van der Waals surface area contributed by atoms with E-state index < -0.39 is 61.4 Å². The molecule has 0 amide bonds. The van der Waals surface area contributed by atoms with E-state index in [-0.39, 0.29) is 13.1 Å². The lowest BCUT2D eigenvalue weighted by Gasteiger charge is -2.44. The van der Waals surface area contributed by atoms with E-state index in [1.807, 2.05) is 0 Å². The first-order chi connectivity index (χ1) is 23.6. The fourth-order valence-corrected chi connectivity index (χ4v) is 6.30. The maximum Gasteiger partial charge on any atom is 0.189 e. The minimum absolute atomic E-state index is 0.0843. The molecular formula is C36H70N4O9. The number of ether oxygens (including phenoxy) is 3. The Balaban J connectivity index is 1.82. The lowest BCUT2D eigenvalue weighted by Crippen LogP contribution is -2.63. The third-order valence-corrected chi connectivity index (χ3v) is 9.63. The lowest BCUT2D eigenvalue weighted by atomic mass is 9.97. The highest BCUT2D eigenvalue weighted by Gasteiger charge is 2.49. The van der Waals surface area contributed by atoms with Crippen molar-refractivity contribution in [1.82, 2.24) is 0 Å². The molecule has 0 aliphatic carbocycles. The van der Waals surface area contributed by atoms with Crippen molar-refractivity contribution in [3.05, 3.63) is 0 Å². The van der Waals surface area contributed by atoms with Gasteiger partial charge in [0.15, 0.2) is 12.6 Å². The maximum absolute atomic E-state index is 10.6. The van der Waals surface area contributed by atoms with E-state index >= 15 is 0 Å². The van der Waals surface area contributed by atoms with Crippen LogP contribution in [0.5, 0.6) is 0 Å². The van der Waals surface area contributed by atoms with Gasteiger partial charge in [0.05, 0.1) is 24.8 Å². The van der Waals surface area contributed by atoms with Crippen LogP contribution < -0.4 is 11.5 Å². The van der Waals surface area contributed by atoms with Gasteiger partial charge >= 0.3 is 0 Å². The van der Waals surface area contributed by atoms with Crippen LogP contribution in [0, 0.1) is 0 Å². The highest BCUT2D eigenvalue weighted by Crippen LogP contribution is 2.28. The Morgan fingerprint density at radius 1 is 0.469 bits per heavy atom. The summed E-state index contributed by atoms with van der Waals surface area (Å²) >= 11 is 0. The van der Waals surface area contributed by atoms with Crippen molar-refractivity contribution in [2.45, 2.75) is 204 Å². The summed E-state index contributed by atoms with van der Waals surface area (Å²) in [6.07, 6.45) is 7.70. The molecule has 0 aromatic carbocycles. The molecule has 288 valence electrons. The van der Waals surface area contributed by atoms with Crippen LogP contribution in [0.2, 0.25) is 0 Å². The zero-order chi connectivity index (χ0) is 36.0. The van der Waals surface area contributed by atoms with Crippen molar-refractivity contribution in [3.8, 4) is 0 Å². The van der Waals surface area contributed by atoms with Gasteiger partial charge in [0, 0.05) is 12.8 Å². The molecule has 0 spiro atoms. The van der Waals surface area contributed by atoms with E-state index in [1.54, 1.807) is 0 Å². The summed E-state index contributed by atoms with van der Waals surface area (Å²) in [7, 11) is 0. The van der Waals surface area contributed by atoms with E-state index in [2.05, 4.69) is 23.8 Å². The Bertz CT molecular complexity index is 844. The number of hydrogen-bond acceptors (Lipinski definition) is 11. The third-order valence-electron chi connectivity index (χ3n) is 9.63. The largest absolute Gasteiger partial charge is 0.388 e. The Hall–Kier alpha value is -1.42. The van der Waals surface area contributed by atoms with Crippen LogP contribution in [0.25, 0.3) is 0 Å². The Labute approximate surface area is 294 Å². The van der Waals surface area contributed by atoms with Gasteiger partial charge in [-0.3, -0.25) is 9.98 Å². The smallest absolute Gasteiger partial charge is 0.189 e. The number of nitrogens with zero attached hydrogens (tertiary/aromatic N) is 2. The number of aliphatic imine (C=N–C) groups is 2. The molecule has 0 bridgehead atoms. The van der Waals surface area contributed by atoms with Gasteiger partial charge in [-0.15, -0.1) is 0 Å². The van der Waals surface area contributed by atoms with Crippen LogP contribution in [0.4, 0.5) is 0 Å². The van der Waals surface area contributed by atoms with Gasteiger partial charge in [-0.05, 0) is 12.8 Å². The SMILES string of the molecule is CCCCCCCCCCCC(N)=NC[C@H]1O[C@H](OC2O[C@H](CN=C(N)CCCCCCCCCCC)[C@@H](O)[C@H](O)[C@H]2O)[C@H](O)[C@@H](O)[C@@H]1O. The van der Waals surface area contributed by atoms with Crippen LogP contribution in [0.15, 0.2) is 9.98 Å². The van der Waals surface area contributed by atoms with Crippen LogP contribution in [-0.4, -0.2) is 117 Å². The van der Waals surface area contributed by atoms with Gasteiger partial charge in [0.25, 0.3) is 0 Å². The van der Waals surface area contributed by atoms with Crippen molar-refractivity contribution in [1.29, 1.82) is 0 Å². The Morgan fingerprint density at radius 3 is 1.10 bits per heavy atom. The number of amidine groups is 2. The topological polar surface area (TPSA) is 226 Å². The van der Waals surface area contributed by atoms with Crippen molar-refractivity contribution in [2.75, 3.05) is 13.1 Å². The molecule has 2 heterocycles. The van der Waals surface area contributed by atoms with Crippen molar-refractivity contribution >= 4 is 11.7 Å². The average Bonchev–Trinajstić information content (AvgIpc) is 3.09. The standard InChI is InChI=1S/C36H70N4O9/c1-3-5-7-9-11-13-15-17-19-21-27(37)39-23-25-29(41)31(43)33(45)35(47-25)49-36-34(46)32(44)30(42)26(48-36)24-40-28(38)22-20-18-16-14-12-10-8-6-4-2/h25-26,29-36,41-46H,3-24H2,1-2H3,(H2,37,39)(H2,38,40)/t25-,26-,29-,30-,31+,32+,33-,34-,35-,36?/m1/s1. The molecule has 10 N–H and O–H groups in total. The highest BCUT2D eigenvalue weighted by atomic mass is 16.8. The quantitative estimate of drug-likeness (QED) is 0.0371. The lowest BCUT2D eigenvalue weighted by molar-refractivity contribution is -0.371. The predicted octanol–water partition coefficient (Wildman–Crippen LogP) is 3.17.